The van der Waals surface area contributed by atoms with Gasteiger partial charge in [-0.2, -0.15) is 0 Å². The van der Waals surface area contributed by atoms with Gasteiger partial charge < -0.3 is 9.64 Å². The molecule has 0 saturated carbocycles. The number of carbonyl (C=O) groups is 1. The quantitative estimate of drug-likeness (QED) is 0.833. The summed E-state index contributed by atoms with van der Waals surface area (Å²) in [6.07, 6.45) is 0. The van der Waals surface area contributed by atoms with Crippen LogP contribution >= 0.6 is 22.9 Å². The molecule has 2 rings (SSSR count). The molecule has 3 nitrogen and oxygen atoms in total. The predicted molar refractivity (Wildman–Crippen MR) is 82.7 cm³/mol. The Hall–Kier alpha value is -1.52. The lowest BCUT2D eigenvalue weighted by molar-refractivity contribution is 0.0754. The third kappa shape index (κ3) is 3.52. The van der Waals surface area contributed by atoms with E-state index in [-0.39, 0.29) is 5.91 Å². The largest absolute Gasteiger partial charge is 0.497 e. The lowest BCUT2D eigenvalue weighted by Gasteiger charge is -2.20. The molecule has 106 valence electrons. The van der Waals surface area contributed by atoms with Crippen LogP contribution in [0, 0.1) is 0 Å². The van der Waals surface area contributed by atoms with Gasteiger partial charge in [0.15, 0.2) is 0 Å². The number of rotatable bonds is 5. The Morgan fingerprint density at radius 2 is 1.95 bits per heavy atom. The van der Waals surface area contributed by atoms with Crippen LogP contribution in [0.5, 0.6) is 5.75 Å². The van der Waals surface area contributed by atoms with Crippen LogP contribution in [0.4, 0.5) is 0 Å². The van der Waals surface area contributed by atoms with Crippen molar-refractivity contribution >= 4 is 28.8 Å². The van der Waals surface area contributed by atoms with Gasteiger partial charge in [-0.05, 0) is 43.3 Å². The van der Waals surface area contributed by atoms with Crippen molar-refractivity contribution in [2.45, 2.75) is 13.5 Å². The number of benzene rings is 1. The third-order valence-corrected chi connectivity index (χ3v) is 4.20. The van der Waals surface area contributed by atoms with Crippen LogP contribution in [0.15, 0.2) is 36.4 Å². The van der Waals surface area contributed by atoms with E-state index in [1.807, 2.05) is 19.1 Å². The minimum absolute atomic E-state index is 0.0136. The molecule has 0 fully saturated rings. The normalized spacial score (nSPS) is 10.3. The zero-order chi connectivity index (χ0) is 14.5. The fraction of sp³-hybridized carbons (Fsp3) is 0.267. The van der Waals surface area contributed by atoms with Gasteiger partial charge in [-0.3, -0.25) is 4.79 Å². The monoisotopic (exact) mass is 309 g/mol. The van der Waals surface area contributed by atoms with Crippen molar-refractivity contribution in [2.75, 3.05) is 13.7 Å². The summed E-state index contributed by atoms with van der Waals surface area (Å²) < 4.78 is 5.84. The molecule has 0 spiro atoms. The molecule has 1 aromatic carbocycles. The molecule has 0 aliphatic heterocycles. The van der Waals surface area contributed by atoms with Gasteiger partial charge >= 0.3 is 0 Å². The topological polar surface area (TPSA) is 29.5 Å². The van der Waals surface area contributed by atoms with Crippen molar-refractivity contribution in [2.24, 2.45) is 0 Å². The van der Waals surface area contributed by atoms with Crippen LogP contribution in [-0.4, -0.2) is 24.5 Å². The molecule has 1 heterocycles. The average molecular weight is 310 g/mol. The first-order valence-electron chi connectivity index (χ1n) is 6.31. The summed E-state index contributed by atoms with van der Waals surface area (Å²) >= 11 is 7.42. The predicted octanol–water partition coefficient (Wildman–Crippen LogP) is 4.07. The molecule has 0 aliphatic carbocycles. The molecule has 0 radical (unpaired) electrons. The van der Waals surface area contributed by atoms with Crippen molar-refractivity contribution in [3.63, 3.8) is 0 Å². The molecule has 1 aromatic heterocycles. The van der Waals surface area contributed by atoms with Crippen molar-refractivity contribution in [3.8, 4) is 5.75 Å². The van der Waals surface area contributed by atoms with E-state index in [9.17, 15) is 4.79 Å². The number of amides is 1. The molecule has 20 heavy (non-hydrogen) atoms. The fourth-order valence-electron chi connectivity index (χ4n) is 1.87. The summed E-state index contributed by atoms with van der Waals surface area (Å²) in [5.41, 5.74) is 0.662. The Morgan fingerprint density at radius 3 is 2.45 bits per heavy atom. The molecule has 0 N–H and O–H groups in total. The number of halogens is 1. The van der Waals surface area contributed by atoms with Crippen LogP contribution in [0.2, 0.25) is 4.34 Å². The van der Waals surface area contributed by atoms with E-state index >= 15 is 0 Å². The summed E-state index contributed by atoms with van der Waals surface area (Å²) in [5.74, 6) is 0.759. The molecule has 2 aromatic rings. The summed E-state index contributed by atoms with van der Waals surface area (Å²) in [7, 11) is 1.61. The number of methoxy groups -OCH3 is 1. The Labute approximate surface area is 127 Å². The maximum absolute atomic E-state index is 12.4. The van der Waals surface area contributed by atoms with E-state index in [1.54, 1.807) is 36.3 Å². The van der Waals surface area contributed by atoms with Gasteiger partial charge in [-0.1, -0.05) is 11.6 Å². The Balaban J connectivity index is 2.11. The van der Waals surface area contributed by atoms with Crippen LogP contribution in [0.3, 0.4) is 0 Å². The van der Waals surface area contributed by atoms with Crippen LogP contribution in [-0.2, 0) is 6.54 Å². The van der Waals surface area contributed by atoms with Gasteiger partial charge in [0.25, 0.3) is 5.91 Å². The highest BCUT2D eigenvalue weighted by molar-refractivity contribution is 7.16. The van der Waals surface area contributed by atoms with Gasteiger partial charge in [0.05, 0.1) is 18.0 Å². The van der Waals surface area contributed by atoms with E-state index in [1.165, 1.54) is 11.3 Å². The number of carbonyl (C=O) groups excluding carboxylic acids is 1. The molecule has 0 aliphatic rings. The highest BCUT2D eigenvalue weighted by Crippen LogP contribution is 2.23. The summed E-state index contributed by atoms with van der Waals surface area (Å²) in [5, 5.41) is 0. The minimum atomic E-state index is 0.0136. The van der Waals surface area contributed by atoms with Gasteiger partial charge in [-0.15, -0.1) is 11.3 Å². The fourth-order valence-corrected chi connectivity index (χ4v) is 2.97. The van der Waals surface area contributed by atoms with Crippen LogP contribution in [0.1, 0.15) is 22.2 Å². The number of ether oxygens (including phenoxy) is 1. The first-order chi connectivity index (χ1) is 9.63. The van der Waals surface area contributed by atoms with E-state index in [2.05, 4.69) is 0 Å². The summed E-state index contributed by atoms with van der Waals surface area (Å²) in [6, 6.07) is 11.0. The average Bonchev–Trinajstić information content (AvgIpc) is 2.89. The van der Waals surface area contributed by atoms with Crippen LogP contribution < -0.4 is 4.74 Å². The maximum atomic E-state index is 12.4. The molecular weight excluding hydrogens is 294 g/mol. The lowest BCUT2D eigenvalue weighted by Crippen LogP contribution is -2.29. The number of hydrogen-bond acceptors (Lipinski definition) is 3. The molecule has 0 atom stereocenters. The Bertz CT molecular complexity index is 580. The second-order valence-corrected chi connectivity index (χ2v) is 6.05. The summed E-state index contributed by atoms with van der Waals surface area (Å²) in [6.45, 7) is 3.20. The highest BCUT2D eigenvalue weighted by Gasteiger charge is 2.15. The van der Waals surface area contributed by atoms with E-state index < -0.39 is 0 Å². The van der Waals surface area contributed by atoms with Crippen molar-refractivity contribution in [1.29, 1.82) is 0 Å². The van der Waals surface area contributed by atoms with Gasteiger partial charge in [0, 0.05) is 17.0 Å². The third-order valence-electron chi connectivity index (χ3n) is 2.98. The number of thiophene rings is 1. The van der Waals surface area contributed by atoms with Gasteiger partial charge in [-0.25, -0.2) is 0 Å². The van der Waals surface area contributed by atoms with E-state index in [0.29, 0.717) is 18.7 Å². The lowest BCUT2D eigenvalue weighted by atomic mass is 10.2. The Morgan fingerprint density at radius 1 is 1.25 bits per heavy atom. The van der Waals surface area contributed by atoms with E-state index in [0.717, 1.165) is 15.0 Å². The van der Waals surface area contributed by atoms with E-state index in [4.69, 9.17) is 16.3 Å². The molecule has 5 heteroatoms. The molecule has 0 unspecified atom stereocenters. The first kappa shape index (κ1) is 14.9. The molecular formula is C15H16ClNO2S. The minimum Gasteiger partial charge on any atom is -0.497 e. The second kappa shape index (κ2) is 6.77. The summed E-state index contributed by atoms with van der Waals surface area (Å²) in [4.78, 5) is 15.3. The smallest absolute Gasteiger partial charge is 0.254 e. The van der Waals surface area contributed by atoms with Crippen LogP contribution in [0.25, 0.3) is 0 Å². The second-order valence-electron chi connectivity index (χ2n) is 4.25. The Kier molecular flexibility index (Phi) is 5.04. The zero-order valence-corrected chi connectivity index (χ0v) is 13.0. The zero-order valence-electron chi connectivity index (χ0n) is 11.4. The molecule has 0 saturated heterocycles. The van der Waals surface area contributed by atoms with Crippen molar-refractivity contribution in [3.05, 3.63) is 51.2 Å². The molecule has 1 amide bonds. The number of hydrogen-bond donors (Lipinski definition) is 0. The number of nitrogens with zero attached hydrogens (tertiary/aromatic N) is 1. The van der Waals surface area contributed by atoms with Gasteiger partial charge in [0.1, 0.15) is 5.75 Å². The highest BCUT2D eigenvalue weighted by atomic mass is 35.5. The van der Waals surface area contributed by atoms with Gasteiger partial charge in [0.2, 0.25) is 0 Å². The first-order valence-corrected chi connectivity index (χ1v) is 7.51. The molecule has 0 bridgehead atoms. The van der Waals surface area contributed by atoms with Crippen molar-refractivity contribution < 1.29 is 9.53 Å². The maximum Gasteiger partial charge on any atom is 0.254 e. The van der Waals surface area contributed by atoms with Crippen molar-refractivity contribution in [1.82, 2.24) is 4.90 Å². The SMILES string of the molecule is CCN(Cc1ccc(Cl)s1)C(=O)c1ccc(OC)cc1. The standard InChI is InChI=1S/C15H16ClNO2S/c1-3-17(10-13-8-9-14(16)20-13)15(18)11-4-6-12(19-2)7-5-11/h4-9H,3,10H2,1-2H3.